The summed E-state index contributed by atoms with van der Waals surface area (Å²) in [5.74, 6) is -0.158. The average Bonchev–Trinajstić information content (AvgIpc) is 3.07. The van der Waals surface area contributed by atoms with Crippen LogP contribution in [0.1, 0.15) is 16.2 Å². The molecule has 0 aliphatic heterocycles. The second-order valence-electron chi connectivity index (χ2n) is 4.09. The monoisotopic (exact) mass is 253 g/mol. The molecule has 0 aliphatic carbocycles. The number of rotatable bonds is 3. The highest BCUT2D eigenvalue weighted by Crippen LogP contribution is 2.12. The number of hydrogen-bond donors (Lipinski definition) is 0. The summed E-state index contributed by atoms with van der Waals surface area (Å²) in [6, 6.07) is 9.41. The molecular formula is C13H11N5O. The van der Waals surface area contributed by atoms with Crippen LogP contribution in [-0.2, 0) is 7.05 Å². The van der Waals surface area contributed by atoms with Crippen LogP contribution in [0.2, 0.25) is 0 Å². The fourth-order valence-corrected chi connectivity index (χ4v) is 1.86. The zero-order chi connectivity index (χ0) is 13.2. The standard InChI is InChI=1S/C13H11N5O/c1-17-9-14-7-11(17)13(19)12-8-15-16-18(12)10-5-3-2-4-6-10/h2-9H,1H3. The molecule has 0 atom stereocenters. The predicted octanol–water partition coefficient (Wildman–Crippen LogP) is 1.23. The van der Waals surface area contributed by atoms with Crippen LogP contribution < -0.4 is 0 Å². The molecule has 0 N–H and O–H groups in total. The molecule has 0 unspecified atom stereocenters. The Morgan fingerprint density at radius 3 is 2.58 bits per heavy atom. The molecule has 0 spiro atoms. The van der Waals surface area contributed by atoms with Gasteiger partial charge in [-0.15, -0.1) is 5.10 Å². The Kier molecular flexibility index (Phi) is 2.68. The van der Waals surface area contributed by atoms with E-state index in [1.165, 1.54) is 17.1 Å². The summed E-state index contributed by atoms with van der Waals surface area (Å²) >= 11 is 0. The highest BCUT2D eigenvalue weighted by molar-refractivity contribution is 6.06. The van der Waals surface area contributed by atoms with E-state index < -0.39 is 0 Å². The lowest BCUT2D eigenvalue weighted by Crippen LogP contribution is -2.12. The van der Waals surface area contributed by atoms with E-state index in [1.54, 1.807) is 17.9 Å². The molecule has 0 amide bonds. The van der Waals surface area contributed by atoms with E-state index in [0.717, 1.165) is 5.69 Å². The first-order chi connectivity index (χ1) is 9.27. The van der Waals surface area contributed by atoms with Gasteiger partial charge in [0.05, 0.1) is 24.4 Å². The van der Waals surface area contributed by atoms with Gasteiger partial charge in [-0.25, -0.2) is 9.67 Å². The van der Waals surface area contributed by atoms with Crippen LogP contribution in [0.15, 0.2) is 49.1 Å². The first-order valence-electron chi connectivity index (χ1n) is 5.74. The number of ketones is 1. The number of carbonyl (C=O) groups excluding carboxylic acids is 1. The highest BCUT2D eigenvalue weighted by atomic mass is 16.1. The van der Waals surface area contributed by atoms with Crippen molar-refractivity contribution in [2.45, 2.75) is 0 Å². The van der Waals surface area contributed by atoms with Crippen LogP contribution in [-0.4, -0.2) is 30.3 Å². The zero-order valence-electron chi connectivity index (χ0n) is 10.3. The smallest absolute Gasteiger partial charge is 0.231 e. The summed E-state index contributed by atoms with van der Waals surface area (Å²) in [6.45, 7) is 0. The summed E-state index contributed by atoms with van der Waals surface area (Å²) in [6.07, 6.45) is 4.58. The Labute approximate surface area is 109 Å². The number of nitrogens with zero attached hydrogens (tertiary/aromatic N) is 5. The van der Waals surface area contributed by atoms with Crippen molar-refractivity contribution in [1.82, 2.24) is 24.5 Å². The molecular weight excluding hydrogens is 242 g/mol. The lowest BCUT2D eigenvalue weighted by atomic mass is 10.2. The lowest BCUT2D eigenvalue weighted by Gasteiger charge is -2.05. The molecule has 6 heteroatoms. The molecule has 0 bridgehead atoms. The van der Waals surface area contributed by atoms with Gasteiger partial charge in [-0.05, 0) is 12.1 Å². The van der Waals surface area contributed by atoms with E-state index in [-0.39, 0.29) is 5.78 Å². The fourth-order valence-electron chi connectivity index (χ4n) is 1.86. The highest BCUT2D eigenvalue weighted by Gasteiger charge is 2.18. The van der Waals surface area contributed by atoms with Gasteiger partial charge in [-0.3, -0.25) is 4.79 Å². The van der Waals surface area contributed by atoms with E-state index in [2.05, 4.69) is 15.3 Å². The van der Waals surface area contributed by atoms with Crippen LogP contribution in [0, 0.1) is 0 Å². The largest absolute Gasteiger partial charge is 0.331 e. The fraction of sp³-hybridized carbons (Fsp3) is 0.0769. The van der Waals surface area contributed by atoms with E-state index in [4.69, 9.17) is 0 Å². The number of imidazole rings is 1. The predicted molar refractivity (Wildman–Crippen MR) is 68.0 cm³/mol. The number of aryl methyl sites for hydroxylation is 1. The molecule has 3 aromatic rings. The topological polar surface area (TPSA) is 65.6 Å². The normalized spacial score (nSPS) is 10.6. The van der Waals surface area contributed by atoms with Gasteiger partial charge in [0, 0.05) is 7.05 Å². The Morgan fingerprint density at radius 1 is 1.11 bits per heavy atom. The lowest BCUT2D eigenvalue weighted by molar-refractivity contribution is 0.102. The first kappa shape index (κ1) is 11.3. The van der Waals surface area contributed by atoms with E-state index in [0.29, 0.717) is 11.4 Å². The zero-order valence-corrected chi connectivity index (χ0v) is 10.3. The number of hydrogen-bond acceptors (Lipinski definition) is 4. The van der Waals surface area contributed by atoms with Crippen molar-refractivity contribution in [3.05, 3.63) is 60.4 Å². The van der Waals surface area contributed by atoms with Crippen LogP contribution in [0.3, 0.4) is 0 Å². The SMILES string of the molecule is Cn1cncc1C(=O)c1cnnn1-c1ccccc1. The number of benzene rings is 1. The molecule has 0 fully saturated rings. The first-order valence-corrected chi connectivity index (χ1v) is 5.74. The van der Waals surface area contributed by atoms with Crippen LogP contribution in [0.4, 0.5) is 0 Å². The van der Waals surface area contributed by atoms with E-state index in [9.17, 15) is 4.79 Å². The minimum Gasteiger partial charge on any atom is -0.331 e. The maximum atomic E-state index is 12.4. The molecule has 6 nitrogen and oxygen atoms in total. The molecule has 0 radical (unpaired) electrons. The second-order valence-corrected chi connectivity index (χ2v) is 4.09. The maximum absolute atomic E-state index is 12.4. The van der Waals surface area contributed by atoms with Crippen LogP contribution in [0.5, 0.6) is 0 Å². The van der Waals surface area contributed by atoms with Gasteiger partial charge in [0.2, 0.25) is 5.78 Å². The van der Waals surface area contributed by atoms with Gasteiger partial charge in [-0.1, -0.05) is 23.4 Å². The average molecular weight is 253 g/mol. The molecule has 0 saturated heterocycles. The number of aromatic nitrogens is 5. The van der Waals surface area contributed by atoms with Crippen molar-refractivity contribution in [2.24, 2.45) is 7.05 Å². The van der Waals surface area contributed by atoms with Gasteiger partial charge in [0.15, 0.2) is 0 Å². The summed E-state index contributed by atoms with van der Waals surface area (Å²) in [7, 11) is 1.77. The quantitative estimate of drug-likeness (QED) is 0.658. The van der Waals surface area contributed by atoms with Gasteiger partial charge >= 0.3 is 0 Å². The molecule has 94 valence electrons. The summed E-state index contributed by atoms with van der Waals surface area (Å²) in [5.41, 5.74) is 1.71. The maximum Gasteiger partial charge on any atom is 0.231 e. The third-order valence-corrected chi connectivity index (χ3v) is 2.83. The molecule has 3 rings (SSSR count). The summed E-state index contributed by atoms with van der Waals surface area (Å²) < 4.78 is 3.19. The van der Waals surface area contributed by atoms with E-state index >= 15 is 0 Å². The van der Waals surface area contributed by atoms with Crippen molar-refractivity contribution >= 4 is 5.78 Å². The number of para-hydroxylation sites is 1. The van der Waals surface area contributed by atoms with Gasteiger partial charge in [0.1, 0.15) is 11.4 Å². The summed E-state index contributed by atoms with van der Waals surface area (Å²) in [4.78, 5) is 16.4. The van der Waals surface area contributed by atoms with Crippen molar-refractivity contribution in [1.29, 1.82) is 0 Å². The third-order valence-electron chi connectivity index (χ3n) is 2.83. The molecule has 0 aliphatic rings. The second kappa shape index (κ2) is 4.49. The van der Waals surface area contributed by atoms with Crippen molar-refractivity contribution < 1.29 is 4.79 Å². The third kappa shape index (κ3) is 1.93. The summed E-state index contributed by atoms with van der Waals surface area (Å²) in [5, 5.41) is 7.78. The van der Waals surface area contributed by atoms with Crippen molar-refractivity contribution in [2.75, 3.05) is 0 Å². The Balaban J connectivity index is 2.06. The van der Waals surface area contributed by atoms with E-state index in [1.807, 2.05) is 30.3 Å². The van der Waals surface area contributed by atoms with Crippen LogP contribution >= 0.6 is 0 Å². The molecule has 2 heterocycles. The van der Waals surface area contributed by atoms with Crippen molar-refractivity contribution in [3.63, 3.8) is 0 Å². The molecule has 19 heavy (non-hydrogen) atoms. The molecule has 1 aromatic carbocycles. The molecule has 2 aromatic heterocycles. The van der Waals surface area contributed by atoms with Gasteiger partial charge in [-0.2, -0.15) is 0 Å². The number of carbonyl (C=O) groups is 1. The van der Waals surface area contributed by atoms with Crippen molar-refractivity contribution in [3.8, 4) is 5.69 Å². The molecule has 0 saturated carbocycles. The van der Waals surface area contributed by atoms with Gasteiger partial charge in [0.25, 0.3) is 0 Å². The Morgan fingerprint density at radius 2 is 1.89 bits per heavy atom. The minimum absolute atomic E-state index is 0.158. The Bertz CT molecular complexity index is 713. The Hall–Kier alpha value is -2.76. The van der Waals surface area contributed by atoms with Crippen LogP contribution in [0.25, 0.3) is 5.69 Å². The van der Waals surface area contributed by atoms with Gasteiger partial charge < -0.3 is 4.57 Å². The minimum atomic E-state index is -0.158.